The van der Waals surface area contributed by atoms with Gasteiger partial charge in [0.25, 0.3) is 0 Å². The predicted molar refractivity (Wildman–Crippen MR) is 106 cm³/mol. The largest absolute Gasteiger partial charge is 0.475 e. The quantitative estimate of drug-likeness (QED) is 0.414. The molecule has 0 bridgehead atoms. The summed E-state index contributed by atoms with van der Waals surface area (Å²) in [7, 11) is 1.62. The van der Waals surface area contributed by atoms with E-state index in [1.54, 1.807) is 7.05 Å². The molecule has 1 unspecified atom stereocenters. The molecule has 166 valence electrons. The molecule has 1 aliphatic heterocycles. The topological polar surface area (TPSA) is 78.9 Å². The highest BCUT2D eigenvalue weighted by Crippen LogP contribution is 2.34. The van der Waals surface area contributed by atoms with Gasteiger partial charge in [-0.2, -0.15) is 13.2 Å². The van der Waals surface area contributed by atoms with Gasteiger partial charge in [0.2, 0.25) is 11.8 Å². The SMILES string of the molecule is CN=C(NCCOc1ncccc1C(F)(F)F)NC1CCN(C(=O)C2CCCC2)C1. The minimum absolute atomic E-state index is 0.00223. The van der Waals surface area contributed by atoms with Gasteiger partial charge in [0.15, 0.2) is 5.96 Å². The van der Waals surface area contributed by atoms with E-state index in [2.05, 4.69) is 20.6 Å². The Morgan fingerprint density at radius 2 is 2.10 bits per heavy atom. The Labute approximate surface area is 174 Å². The average Bonchev–Trinajstić information content (AvgIpc) is 3.41. The Morgan fingerprint density at radius 3 is 2.80 bits per heavy atom. The molecule has 1 saturated carbocycles. The zero-order valence-electron chi connectivity index (χ0n) is 17.0. The molecule has 30 heavy (non-hydrogen) atoms. The Morgan fingerprint density at radius 1 is 1.33 bits per heavy atom. The lowest BCUT2D eigenvalue weighted by atomic mass is 10.1. The van der Waals surface area contributed by atoms with E-state index in [1.165, 1.54) is 12.3 Å². The van der Waals surface area contributed by atoms with Crippen molar-refractivity contribution >= 4 is 11.9 Å². The summed E-state index contributed by atoms with van der Waals surface area (Å²) in [6.45, 7) is 1.62. The zero-order chi connectivity index (χ0) is 21.6. The fourth-order valence-corrected chi connectivity index (χ4v) is 3.94. The highest BCUT2D eigenvalue weighted by molar-refractivity contribution is 5.81. The molecule has 2 aliphatic rings. The highest BCUT2D eigenvalue weighted by Gasteiger charge is 2.35. The second-order valence-electron chi connectivity index (χ2n) is 7.60. The van der Waals surface area contributed by atoms with Crippen LogP contribution in [0.15, 0.2) is 23.3 Å². The van der Waals surface area contributed by atoms with E-state index in [4.69, 9.17) is 4.74 Å². The number of guanidine groups is 1. The normalized spacial score (nSPS) is 20.5. The van der Waals surface area contributed by atoms with Gasteiger partial charge in [0, 0.05) is 38.3 Å². The van der Waals surface area contributed by atoms with Crippen molar-refractivity contribution in [1.82, 2.24) is 20.5 Å². The summed E-state index contributed by atoms with van der Waals surface area (Å²) < 4.78 is 44.1. The molecule has 10 heteroatoms. The zero-order valence-corrected chi connectivity index (χ0v) is 17.0. The monoisotopic (exact) mass is 427 g/mol. The van der Waals surface area contributed by atoms with E-state index in [0.29, 0.717) is 12.5 Å². The van der Waals surface area contributed by atoms with E-state index in [1.807, 2.05) is 4.90 Å². The van der Waals surface area contributed by atoms with Crippen molar-refractivity contribution in [2.75, 3.05) is 33.3 Å². The van der Waals surface area contributed by atoms with Crippen LogP contribution in [0.5, 0.6) is 5.88 Å². The highest BCUT2D eigenvalue weighted by atomic mass is 19.4. The van der Waals surface area contributed by atoms with Crippen LogP contribution in [0.25, 0.3) is 0 Å². The van der Waals surface area contributed by atoms with Crippen molar-refractivity contribution in [2.24, 2.45) is 10.9 Å². The van der Waals surface area contributed by atoms with Gasteiger partial charge < -0.3 is 20.3 Å². The lowest BCUT2D eigenvalue weighted by molar-refractivity contribution is -0.139. The van der Waals surface area contributed by atoms with Crippen LogP contribution >= 0.6 is 0 Å². The first-order valence-electron chi connectivity index (χ1n) is 10.3. The Bertz CT molecular complexity index is 750. The third-order valence-electron chi connectivity index (χ3n) is 5.48. The number of carbonyl (C=O) groups is 1. The van der Waals surface area contributed by atoms with Crippen LogP contribution in [0.3, 0.4) is 0 Å². The van der Waals surface area contributed by atoms with Gasteiger partial charge in [-0.1, -0.05) is 12.8 Å². The fraction of sp³-hybridized carbons (Fsp3) is 0.650. The Hall–Kier alpha value is -2.52. The Kier molecular flexibility index (Phi) is 7.38. The number of nitrogens with one attached hydrogen (secondary N) is 2. The number of aliphatic imine (C=N–C) groups is 1. The van der Waals surface area contributed by atoms with E-state index >= 15 is 0 Å². The summed E-state index contributed by atoms with van der Waals surface area (Å²) in [5, 5.41) is 6.29. The second kappa shape index (κ2) is 9.99. The molecule has 2 fully saturated rings. The summed E-state index contributed by atoms with van der Waals surface area (Å²) in [6, 6.07) is 2.26. The van der Waals surface area contributed by atoms with Crippen molar-refractivity contribution in [2.45, 2.75) is 44.3 Å². The maximum atomic E-state index is 13.0. The van der Waals surface area contributed by atoms with Gasteiger partial charge in [-0.15, -0.1) is 0 Å². The van der Waals surface area contributed by atoms with Gasteiger partial charge in [-0.3, -0.25) is 9.79 Å². The number of nitrogens with zero attached hydrogens (tertiary/aromatic N) is 3. The second-order valence-corrected chi connectivity index (χ2v) is 7.60. The molecule has 1 atom stereocenters. The lowest BCUT2D eigenvalue weighted by Gasteiger charge is -2.21. The maximum absolute atomic E-state index is 13.0. The van der Waals surface area contributed by atoms with Crippen LogP contribution < -0.4 is 15.4 Å². The van der Waals surface area contributed by atoms with Crippen LogP contribution in [0.4, 0.5) is 13.2 Å². The third kappa shape index (κ3) is 5.76. The number of rotatable bonds is 6. The molecule has 1 aliphatic carbocycles. The number of alkyl halides is 3. The summed E-state index contributed by atoms with van der Waals surface area (Å²) in [6.07, 6.45) is 1.82. The number of pyridine rings is 1. The van der Waals surface area contributed by atoms with Crippen molar-refractivity contribution in [1.29, 1.82) is 0 Å². The van der Waals surface area contributed by atoms with Crippen molar-refractivity contribution in [3.05, 3.63) is 23.9 Å². The average molecular weight is 427 g/mol. The number of ether oxygens (including phenoxy) is 1. The van der Waals surface area contributed by atoms with E-state index in [0.717, 1.165) is 44.7 Å². The first-order valence-corrected chi connectivity index (χ1v) is 10.3. The smallest absolute Gasteiger partial charge is 0.421 e. The number of amides is 1. The van der Waals surface area contributed by atoms with E-state index in [9.17, 15) is 18.0 Å². The van der Waals surface area contributed by atoms with Crippen molar-refractivity contribution in [3.63, 3.8) is 0 Å². The number of likely N-dealkylation sites (tertiary alicyclic amines) is 1. The van der Waals surface area contributed by atoms with Gasteiger partial charge in [0.1, 0.15) is 12.2 Å². The van der Waals surface area contributed by atoms with E-state index < -0.39 is 17.6 Å². The van der Waals surface area contributed by atoms with Gasteiger partial charge in [-0.25, -0.2) is 4.98 Å². The van der Waals surface area contributed by atoms with Crippen molar-refractivity contribution < 1.29 is 22.7 Å². The minimum atomic E-state index is -4.51. The van der Waals surface area contributed by atoms with Crippen LogP contribution in [-0.4, -0.2) is 61.1 Å². The van der Waals surface area contributed by atoms with Gasteiger partial charge in [0.05, 0.1) is 6.54 Å². The molecule has 0 spiro atoms. The molecule has 0 radical (unpaired) electrons. The first-order chi connectivity index (χ1) is 14.4. The molecular formula is C20H28F3N5O2. The van der Waals surface area contributed by atoms with E-state index in [-0.39, 0.29) is 31.0 Å². The summed E-state index contributed by atoms with van der Waals surface area (Å²) in [5.41, 5.74) is -0.898. The summed E-state index contributed by atoms with van der Waals surface area (Å²) in [4.78, 5) is 22.3. The van der Waals surface area contributed by atoms with Crippen LogP contribution in [-0.2, 0) is 11.0 Å². The lowest BCUT2D eigenvalue weighted by Crippen LogP contribution is -2.46. The first kappa shape index (κ1) is 22.2. The fourth-order valence-electron chi connectivity index (χ4n) is 3.94. The Balaban J connectivity index is 1.41. The predicted octanol–water partition coefficient (Wildman–Crippen LogP) is 2.44. The van der Waals surface area contributed by atoms with Gasteiger partial charge >= 0.3 is 6.18 Å². The van der Waals surface area contributed by atoms with Crippen molar-refractivity contribution in [3.8, 4) is 5.88 Å². The molecule has 2 heterocycles. The van der Waals surface area contributed by atoms with Crippen LogP contribution in [0.2, 0.25) is 0 Å². The molecular weight excluding hydrogens is 399 g/mol. The number of carbonyl (C=O) groups excluding carboxylic acids is 1. The van der Waals surface area contributed by atoms with Crippen LogP contribution in [0.1, 0.15) is 37.7 Å². The number of hydrogen-bond acceptors (Lipinski definition) is 4. The molecule has 1 aromatic rings. The molecule has 2 N–H and O–H groups in total. The van der Waals surface area contributed by atoms with Crippen LogP contribution in [0, 0.1) is 5.92 Å². The molecule has 1 aromatic heterocycles. The maximum Gasteiger partial charge on any atom is 0.421 e. The standard InChI is InChI=1S/C20H28F3N5O2/c1-24-19(26-10-12-30-17-16(20(21,22)23)7-4-9-25-17)27-15-8-11-28(13-15)18(29)14-5-2-3-6-14/h4,7,9,14-15H,2-3,5-6,8,10-13H2,1H3,(H2,24,26,27). The van der Waals surface area contributed by atoms with Gasteiger partial charge in [-0.05, 0) is 31.4 Å². The molecule has 1 amide bonds. The minimum Gasteiger partial charge on any atom is -0.475 e. The number of halogens is 3. The summed E-state index contributed by atoms with van der Waals surface area (Å²) in [5.74, 6) is 0.512. The molecule has 7 nitrogen and oxygen atoms in total. The molecule has 0 aromatic carbocycles. The number of aromatic nitrogens is 1. The molecule has 3 rings (SSSR count). The third-order valence-corrected chi connectivity index (χ3v) is 5.48. The molecule has 1 saturated heterocycles. The summed E-state index contributed by atoms with van der Waals surface area (Å²) >= 11 is 0. The number of hydrogen-bond donors (Lipinski definition) is 2.